The predicted molar refractivity (Wildman–Crippen MR) is 97.5 cm³/mol. The first-order valence-corrected chi connectivity index (χ1v) is 8.80. The number of amides is 1. The number of anilines is 1. The largest absolute Gasteiger partial charge is 0.497 e. The van der Waals surface area contributed by atoms with E-state index in [-0.39, 0.29) is 5.91 Å². The molecule has 0 bridgehead atoms. The van der Waals surface area contributed by atoms with E-state index in [0.717, 1.165) is 5.56 Å². The molecule has 0 atom stereocenters. The summed E-state index contributed by atoms with van der Waals surface area (Å²) < 4.78 is 10.3. The fourth-order valence-electron chi connectivity index (χ4n) is 2.15. The molecule has 7 heteroatoms. The number of rotatable bonds is 7. The molecule has 0 aliphatic carbocycles. The van der Waals surface area contributed by atoms with Gasteiger partial charge in [-0.05, 0) is 12.1 Å². The van der Waals surface area contributed by atoms with E-state index in [4.69, 9.17) is 9.26 Å². The number of benzene rings is 2. The van der Waals surface area contributed by atoms with Crippen LogP contribution in [0.2, 0.25) is 0 Å². The summed E-state index contributed by atoms with van der Waals surface area (Å²) in [6.45, 7) is 0. The van der Waals surface area contributed by atoms with E-state index in [1.807, 2.05) is 48.5 Å². The van der Waals surface area contributed by atoms with Crippen molar-refractivity contribution in [2.24, 2.45) is 0 Å². The van der Waals surface area contributed by atoms with Crippen molar-refractivity contribution in [3.8, 4) is 17.1 Å². The van der Waals surface area contributed by atoms with Crippen molar-refractivity contribution < 1.29 is 14.1 Å². The first kappa shape index (κ1) is 17.0. The van der Waals surface area contributed by atoms with Gasteiger partial charge < -0.3 is 14.6 Å². The molecular weight excluding hydrogens is 338 g/mol. The van der Waals surface area contributed by atoms with Crippen LogP contribution in [0.4, 0.5) is 5.69 Å². The summed E-state index contributed by atoms with van der Waals surface area (Å²) in [6, 6.07) is 16.8. The van der Waals surface area contributed by atoms with Gasteiger partial charge in [0.2, 0.25) is 17.6 Å². The van der Waals surface area contributed by atoms with Gasteiger partial charge in [0.1, 0.15) is 5.75 Å². The third-order valence-electron chi connectivity index (χ3n) is 3.31. The van der Waals surface area contributed by atoms with Gasteiger partial charge in [-0.25, -0.2) is 0 Å². The standard InChI is InChI=1S/C18H17N3O3S/c1-23-15-9-5-8-14(10-15)19-16(22)11-25-12-17-20-18(21-24-17)13-6-3-2-4-7-13/h2-10H,11-12H2,1H3,(H,19,22). The quantitative estimate of drug-likeness (QED) is 0.697. The number of aromatic nitrogens is 2. The minimum absolute atomic E-state index is 0.0962. The van der Waals surface area contributed by atoms with Crippen molar-refractivity contribution in [1.29, 1.82) is 0 Å². The van der Waals surface area contributed by atoms with Crippen molar-refractivity contribution >= 4 is 23.4 Å². The van der Waals surface area contributed by atoms with Gasteiger partial charge in [0.05, 0.1) is 18.6 Å². The van der Waals surface area contributed by atoms with E-state index in [9.17, 15) is 4.79 Å². The van der Waals surface area contributed by atoms with Gasteiger partial charge in [-0.15, -0.1) is 11.8 Å². The van der Waals surface area contributed by atoms with Gasteiger partial charge in [0, 0.05) is 17.3 Å². The summed E-state index contributed by atoms with van der Waals surface area (Å²) in [6.07, 6.45) is 0. The maximum atomic E-state index is 12.0. The molecular formula is C18H17N3O3S. The average molecular weight is 355 g/mol. The number of nitrogens with zero attached hydrogens (tertiary/aromatic N) is 2. The van der Waals surface area contributed by atoms with Crippen LogP contribution in [0.25, 0.3) is 11.4 Å². The maximum Gasteiger partial charge on any atom is 0.236 e. The molecule has 128 valence electrons. The average Bonchev–Trinajstić information content (AvgIpc) is 3.11. The lowest BCUT2D eigenvalue weighted by Gasteiger charge is -2.06. The second kappa shape index (κ2) is 8.34. The number of hydrogen-bond acceptors (Lipinski definition) is 6. The Morgan fingerprint density at radius 2 is 2.04 bits per heavy atom. The molecule has 0 saturated carbocycles. The van der Waals surface area contributed by atoms with E-state index in [0.29, 0.717) is 34.7 Å². The third-order valence-corrected chi connectivity index (χ3v) is 4.23. The van der Waals surface area contributed by atoms with Gasteiger partial charge in [0.15, 0.2) is 0 Å². The summed E-state index contributed by atoms with van der Waals surface area (Å²) in [5, 5.41) is 6.78. The van der Waals surface area contributed by atoms with Crippen LogP contribution < -0.4 is 10.1 Å². The Hall–Kier alpha value is -2.80. The molecule has 0 radical (unpaired) electrons. The van der Waals surface area contributed by atoms with Gasteiger partial charge in [0.25, 0.3) is 0 Å². The van der Waals surface area contributed by atoms with Crippen LogP contribution >= 0.6 is 11.8 Å². The number of methoxy groups -OCH3 is 1. The number of nitrogens with one attached hydrogen (secondary N) is 1. The highest BCUT2D eigenvalue weighted by molar-refractivity contribution is 7.99. The molecule has 1 amide bonds. The highest BCUT2D eigenvalue weighted by atomic mass is 32.2. The second-order valence-corrected chi connectivity index (χ2v) is 6.14. The van der Waals surface area contributed by atoms with Gasteiger partial charge in [-0.3, -0.25) is 4.79 Å². The Morgan fingerprint density at radius 3 is 2.84 bits per heavy atom. The first-order chi connectivity index (χ1) is 12.2. The van der Waals surface area contributed by atoms with E-state index < -0.39 is 0 Å². The van der Waals surface area contributed by atoms with E-state index in [2.05, 4.69) is 15.5 Å². The Kier molecular flexibility index (Phi) is 5.69. The lowest BCUT2D eigenvalue weighted by molar-refractivity contribution is -0.113. The molecule has 0 aliphatic rings. The molecule has 3 aromatic rings. The van der Waals surface area contributed by atoms with Crippen molar-refractivity contribution in [1.82, 2.24) is 10.1 Å². The molecule has 0 unspecified atom stereocenters. The monoisotopic (exact) mass is 355 g/mol. The van der Waals surface area contributed by atoms with Crippen molar-refractivity contribution in [3.63, 3.8) is 0 Å². The molecule has 0 spiro atoms. The van der Waals surface area contributed by atoms with E-state index >= 15 is 0 Å². The van der Waals surface area contributed by atoms with Crippen LogP contribution in [-0.4, -0.2) is 28.9 Å². The van der Waals surface area contributed by atoms with Crippen LogP contribution in [0.3, 0.4) is 0 Å². The van der Waals surface area contributed by atoms with Crippen LogP contribution in [-0.2, 0) is 10.5 Å². The number of ether oxygens (including phenoxy) is 1. The smallest absolute Gasteiger partial charge is 0.236 e. The number of thioether (sulfide) groups is 1. The molecule has 3 rings (SSSR count). The zero-order valence-electron chi connectivity index (χ0n) is 13.6. The fraction of sp³-hybridized carbons (Fsp3) is 0.167. The topological polar surface area (TPSA) is 77.2 Å². The summed E-state index contributed by atoms with van der Waals surface area (Å²) in [7, 11) is 1.59. The Bertz CT molecular complexity index is 836. The zero-order chi connectivity index (χ0) is 17.5. The highest BCUT2D eigenvalue weighted by Gasteiger charge is 2.10. The van der Waals surface area contributed by atoms with E-state index in [1.54, 1.807) is 13.2 Å². The summed E-state index contributed by atoms with van der Waals surface area (Å²) >= 11 is 1.41. The molecule has 2 aromatic carbocycles. The predicted octanol–water partition coefficient (Wildman–Crippen LogP) is 3.62. The second-order valence-electron chi connectivity index (χ2n) is 5.15. The maximum absolute atomic E-state index is 12.0. The number of carbonyl (C=O) groups is 1. The molecule has 25 heavy (non-hydrogen) atoms. The molecule has 1 N–H and O–H groups in total. The van der Waals surface area contributed by atoms with Crippen LogP contribution in [0, 0.1) is 0 Å². The van der Waals surface area contributed by atoms with Crippen LogP contribution in [0.15, 0.2) is 59.1 Å². The molecule has 0 fully saturated rings. The van der Waals surface area contributed by atoms with Crippen LogP contribution in [0.1, 0.15) is 5.89 Å². The Morgan fingerprint density at radius 1 is 1.20 bits per heavy atom. The summed E-state index contributed by atoms with van der Waals surface area (Å²) in [4.78, 5) is 16.3. The van der Waals surface area contributed by atoms with E-state index in [1.165, 1.54) is 11.8 Å². The van der Waals surface area contributed by atoms with Crippen molar-refractivity contribution in [2.75, 3.05) is 18.2 Å². The van der Waals surface area contributed by atoms with Gasteiger partial charge in [-0.1, -0.05) is 41.6 Å². The molecule has 0 saturated heterocycles. The first-order valence-electron chi connectivity index (χ1n) is 7.64. The summed E-state index contributed by atoms with van der Waals surface area (Å²) in [5.41, 5.74) is 1.60. The van der Waals surface area contributed by atoms with Crippen molar-refractivity contribution in [2.45, 2.75) is 5.75 Å². The molecule has 6 nitrogen and oxygen atoms in total. The molecule has 0 aliphatic heterocycles. The van der Waals surface area contributed by atoms with Gasteiger partial charge >= 0.3 is 0 Å². The summed E-state index contributed by atoms with van der Waals surface area (Å²) in [5.74, 6) is 2.42. The van der Waals surface area contributed by atoms with Crippen molar-refractivity contribution in [3.05, 3.63) is 60.5 Å². The fourth-order valence-corrected chi connectivity index (χ4v) is 2.80. The lowest BCUT2D eigenvalue weighted by atomic mass is 10.2. The minimum Gasteiger partial charge on any atom is -0.497 e. The molecule has 1 aromatic heterocycles. The lowest BCUT2D eigenvalue weighted by Crippen LogP contribution is -2.14. The Labute approximate surface area is 149 Å². The SMILES string of the molecule is COc1cccc(NC(=O)CSCc2nc(-c3ccccc3)no2)c1. The van der Waals surface area contributed by atoms with Gasteiger partial charge in [-0.2, -0.15) is 4.98 Å². The minimum atomic E-state index is -0.0962. The number of carbonyl (C=O) groups excluding carboxylic acids is 1. The normalized spacial score (nSPS) is 10.4. The number of hydrogen-bond donors (Lipinski definition) is 1. The van der Waals surface area contributed by atoms with Crippen LogP contribution in [0.5, 0.6) is 5.75 Å². The zero-order valence-corrected chi connectivity index (χ0v) is 14.5. The Balaban J connectivity index is 1.48. The molecule has 1 heterocycles. The third kappa shape index (κ3) is 4.84. The highest BCUT2D eigenvalue weighted by Crippen LogP contribution is 2.19.